The summed E-state index contributed by atoms with van der Waals surface area (Å²) >= 11 is 0. The van der Waals surface area contributed by atoms with E-state index >= 15 is 0 Å². The molecule has 106 valence electrons. The molecule has 1 heterocycles. The third kappa shape index (κ3) is 3.16. The van der Waals surface area contributed by atoms with Crippen LogP contribution < -0.4 is 11.1 Å². The SMILES string of the molecule is Cc1[nH]nc(NC(=O)[C@@H](N)Cc2ccc(O)cc2)c1C. The van der Waals surface area contributed by atoms with Gasteiger partial charge in [-0.1, -0.05) is 12.1 Å². The monoisotopic (exact) mass is 274 g/mol. The number of benzene rings is 1. The second-order valence-electron chi connectivity index (χ2n) is 4.79. The first-order chi connectivity index (χ1) is 9.47. The Morgan fingerprint density at radius 1 is 1.40 bits per heavy atom. The van der Waals surface area contributed by atoms with Crippen LogP contribution in [-0.2, 0) is 11.2 Å². The van der Waals surface area contributed by atoms with Gasteiger partial charge in [-0.15, -0.1) is 0 Å². The van der Waals surface area contributed by atoms with Gasteiger partial charge in [0.1, 0.15) is 5.75 Å². The number of carbonyl (C=O) groups is 1. The van der Waals surface area contributed by atoms with Gasteiger partial charge in [-0.05, 0) is 38.0 Å². The molecule has 0 saturated carbocycles. The molecule has 1 aromatic carbocycles. The Kier molecular flexibility index (Phi) is 4.05. The van der Waals surface area contributed by atoms with E-state index in [2.05, 4.69) is 15.5 Å². The summed E-state index contributed by atoms with van der Waals surface area (Å²) in [7, 11) is 0. The van der Waals surface area contributed by atoms with Crippen molar-refractivity contribution < 1.29 is 9.90 Å². The van der Waals surface area contributed by atoms with Crippen LogP contribution in [0.3, 0.4) is 0 Å². The second kappa shape index (κ2) is 5.75. The zero-order chi connectivity index (χ0) is 14.7. The highest BCUT2D eigenvalue weighted by Crippen LogP contribution is 2.15. The predicted molar refractivity (Wildman–Crippen MR) is 76.5 cm³/mol. The van der Waals surface area contributed by atoms with Crippen LogP contribution in [0.4, 0.5) is 5.82 Å². The van der Waals surface area contributed by atoms with Crippen molar-refractivity contribution in [2.24, 2.45) is 5.73 Å². The number of aromatic nitrogens is 2. The fraction of sp³-hybridized carbons (Fsp3) is 0.286. The number of amides is 1. The summed E-state index contributed by atoms with van der Waals surface area (Å²) in [6.45, 7) is 3.76. The highest BCUT2D eigenvalue weighted by molar-refractivity contribution is 5.94. The Balaban J connectivity index is 1.98. The fourth-order valence-electron chi connectivity index (χ4n) is 1.79. The van der Waals surface area contributed by atoms with Gasteiger partial charge in [0.15, 0.2) is 5.82 Å². The van der Waals surface area contributed by atoms with Gasteiger partial charge in [-0.3, -0.25) is 9.89 Å². The Bertz CT molecular complexity index is 604. The Morgan fingerprint density at radius 2 is 2.05 bits per heavy atom. The molecular weight excluding hydrogens is 256 g/mol. The molecule has 2 rings (SSSR count). The normalized spacial score (nSPS) is 12.2. The average molecular weight is 274 g/mol. The number of phenols is 1. The number of nitrogens with one attached hydrogen (secondary N) is 2. The van der Waals surface area contributed by atoms with Gasteiger partial charge in [0, 0.05) is 11.3 Å². The average Bonchev–Trinajstić information content (AvgIpc) is 2.73. The van der Waals surface area contributed by atoms with Crippen LogP contribution in [0.15, 0.2) is 24.3 Å². The highest BCUT2D eigenvalue weighted by atomic mass is 16.3. The highest BCUT2D eigenvalue weighted by Gasteiger charge is 2.17. The molecule has 0 unspecified atom stereocenters. The maximum atomic E-state index is 12.0. The number of nitrogens with zero attached hydrogens (tertiary/aromatic N) is 1. The number of hydrogen-bond donors (Lipinski definition) is 4. The molecule has 2 aromatic rings. The minimum atomic E-state index is -0.670. The van der Waals surface area contributed by atoms with E-state index in [0.29, 0.717) is 12.2 Å². The minimum Gasteiger partial charge on any atom is -0.508 e. The van der Waals surface area contributed by atoms with E-state index in [1.165, 1.54) is 0 Å². The maximum Gasteiger partial charge on any atom is 0.242 e. The molecule has 0 saturated heterocycles. The lowest BCUT2D eigenvalue weighted by Crippen LogP contribution is -2.37. The molecule has 0 spiro atoms. The van der Waals surface area contributed by atoms with E-state index in [1.807, 2.05) is 13.8 Å². The maximum absolute atomic E-state index is 12.0. The number of aromatic amines is 1. The van der Waals surface area contributed by atoms with Crippen molar-refractivity contribution in [3.63, 3.8) is 0 Å². The first-order valence-corrected chi connectivity index (χ1v) is 6.33. The number of rotatable bonds is 4. The van der Waals surface area contributed by atoms with Crippen LogP contribution in [0.2, 0.25) is 0 Å². The molecule has 0 radical (unpaired) electrons. The molecule has 6 nitrogen and oxygen atoms in total. The van der Waals surface area contributed by atoms with Crippen molar-refractivity contribution in [2.75, 3.05) is 5.32 Å². The zero-order valence-electron chi connectivity index (χ0n) is 11.5. The lowest BCUT2D eigenvalue weighted by molar-refractivity contribution is -0.117. The molecule has 0 aliphatic carbocycles. The molecule has 1 amide bonds. The van der Waals surface area contributed by atoms with Crippen LogP contribution in [0.1, 0.15) is 16.8 Å². The van der Waals surface area contributed by atoms with Gasteiger partial charge in [-0.25, -0.2) is 0 Å². The van der Waals surface area contributed by atoms with Crippen molar-refractivity contribution in [3.05, 3.63) is 41.1 Å². The number of carbonyl (C=O) groups excluding carboxylic acids is 1. The first kappa shape index (κ1) is 14.1. The lowest BCUT2D eigenvalue weighted by atomic mass is 10.1. The first-order valence-electron chi connectivity index (χ1n) is 6.33. The van der Waals surface area contributed by atoms with E-state index in [-0.39, 0.29) is 11.7 Å². The molecule has 0 aliphatic heterocycles. The number of hydrogen-bond acceptors (Lipinski definition) is 4. The summed E-state index contributed by atoms with van der Waals surface area (Å²) < 4.78 is 0. The third-order valence-electron chi connectivity index (χ3n) is 3.22. The quantitative estimate of drug-likeness (QED) is 0.673. The Hall–Kier alpha value is -2.34. The molecule has 20 heavy (non-hydrogen) atoms. The number of aryl methyl sites for hydroxylation is 1. The molecule has 0 bridgehead atoms. The standard InChI is InChI=1S/C14H18N4O2/c1-8-9(2)17-18-13(8)16-14(20)12(15)7-10-3-5-11(19)6-4-10/h3-6,12,19H,7,15H2,1-2H3,(H2,16,17,18,20)/t12-/m0/s1. The topological polar surface area (TPSA) is 104 Å². The number of anilines is 1. The van der Waals surface area contributed by atoms with Crippen LogP contribution >= 0.6 is 0 Å². The molecule has 6 heteroatoms. The lowest BCUT2D eigenvalue weighted by Gasteiger charge is -2.11. The Labute approximate surface area is 117 Å². The van der Waals surface area contributed by atoms with E-state index < -0.39 is 6.04 Å². The second-order valence-corrected chi connectivity index (χ2v) is 4.79. The van der Waals surface area contributed by atoms with Crippen LogP contribution in [0, 0.1) is 13.8 Å². The number of aromatic hydroxyl groups is 1. The minimum absolute atomic E-state index is 0.189. The fourth-order valence-corrected chi connectivity index (χ4v) is 1.79. The summed E-state index contributed by atoms with van der Waals surface area (Å²) in [4.78, 5) is 12.0. The number of nitrogens with two attached hydrogens (primary N) is 1. The van der Waals surface area contributed by atoms with Gasteiger partial charge in [0.05, 0.1) is 6.04 Å². The summed E-state index contributed by atoms with van der Waals surface area (Å²) in [5.41, 5.74) is 8.58. The van der Waals surface area contributed by atoms with E-state index in [0.717, 1.165) is 16.8 Å². The molecule has 0 fully saturated rings. The largest absolute Gasteiger partial charge is 0.508 e. The van der Waals surface area contributed by atoms with Gasteiger partial charge < -0.3 is 16.2 Å². The summed E-state index contributed by atoms with van der Waals surface area (Å²) in [5, 5.41) is 18.7. The van der Waals surface area contributed by atoms with E-state index in [4.69, 9.17) is 5.73 Å². The zero-order valence-corrected chi connectivity index (χ0v) is 11.5. The van der Waals surface area contributed by atoms with Gasteiger partial charge >= 0.3 is 0 Å². The van der Waals surface area contributed by atoms with Gasteiger partial charge in [-0.2, -0.15) is 5.10 Å². The molecule has 1 atom stereocenters. The summed E-state index contributed by atoms with van der Waals surface area (Å²) in [5.74, 6) is 0.413. The molecule has 5 N–H and O–H groups in total. The molecule has 1 aromatic heterocycles. The van der Waals surface area contributed by atoms with Crippen molar-refractivity contribution in [1.82, 2.24) is 10.2 Å². The van der Waals surface area contributed by atoms with Crippen molar-refractivity contribution in [3.8, 4) is 5.75 Å². The Morgan fingerprint density at radius 3 is 2.60 bits per heavy atom. The van der Waals surface area contributed by atoms with Crippen LogP contribution in [0.5, 0.6) is 5.75 Å². The summed E-state index contributed by atoms with van der Waals surface area (Å²) in [6, 6.07) is 5.96. The molecular formula is C14H18N4O2. The third-order valence-corrected chi connectivity index (χ3v) is 3.22. The smallest absolute Gasteiger partial charge is 0.242 e. The van der Waals surface area contributed by atoms with Gasteiger partial charge in [0.2, 0.25) is 5.91 Å². The van der Waals surface area contributed by atoms with E-state index in [9.17, 15) is 9.90 Å². The van der Waals surface area contributed by atoms with Crippen molar-refractivity contribution >= 4 is 11.7 Å². The van der Waals surface area contributed by atoms with Gasteiger partial charge in [0.25, 0.3) is 0 Å². The van der Waals surface area contributed by atoms with Crippen molar-refractivity contribution in [2.45, 2.75) is 26.3 Å². The van der Waals surface area contributed by atoms with Crippen molar-refractivity contribution in [1.29, 1.82) is 0 Å². The number of phenolic OH excluding ortho intramolecular Hbond substituents is 1. The van der Waals surface area contributed by atoms with E-state index in [1.54, 1.807) is 24.3 Å². The number of H-pyrrole nitrogens is 1. The van der Waals surface area contributed by atoms with Crippen LogP contribution in [-0.4, -0.2) is 27.3 Å². The summed E-state index contributed by atoms with van der Waals surface area (Å²) in [6.07, 6.45) is 0.397. The predicted octanol–water partition coefficient (Wildman–Crippen LogP) is 1.24. The van der Waals surface area contributed by atoms with Crippen LogP contribution in [0.25, 0.3) is 0 Å². The molecule has 0 aliphatic rings.